The van der Waals surface area contributed by atoms with Crippen molar-refractivity contribution in [2.75, 3.05) is 19.8 Å². The van der Waals surface area contributed by atoms with Gasteiger partial charge in [-0.3, -0.25) is 4.79 Å². The number of amides is 1. The van der Waals surface area contributed by atoms with Crippen LogP contribution >= 0.6 is 0 Å². The number of ether oxygens (including phenoxy) is 1. The van der Waals surface area contributed by atoms with E-state index in [1.165, 1.54) is 12.1 Å². The monoisotopic (exact) mass is 283 g/mol. The molecule has 0 aliphatic heterocycles. The van der Waals surface area contributed by atoms with Crippen molar-refractivity contribution in [2.45, 2.75) is 32.7 Å². The molecule has 4 nitrogen and oxygen atoms in total. The summed E-state index contributed by atoms with van der Waals surface area (Å²) in [6.45, 7) is 4.57. The number of halogens is 1. The average Bonchev–Trinajstić information content (AvgIpc) is 2.42. The van der Waals surface area contributed by atoms with Gasteiger partial charge < -0.3 is 14.7 Å². The van der Waals surface area contributed by atoms with Gasteiger partial charge in [0.05, 0.1) is 13.2 Å². The second-order valence-electron chi connectivity index (χ2n) is 4.81. The predicted octanol–water partition coefficient (Wildman–Crippen LogP) is 2.21. The normalized spacial score (nSPS) is 10.7. The van der Waals surface area contributed by atoms with Crippen molar-refractivity contribution in [3.8, 4) is 5.75 Å². The zero-order valence-electron chi connectivity index (χ0n) is 12.0. The summed E-state index contributed by atoms with van der Waals surface area (Å²) in [7, 11) is 0. The Labute approximate surface area is 119 Å². The van der Waals surface area contributed by atoms with Gasteiger partial charge in [0.15, 0.2) is 0 Å². The van der Waals surface area contributed by atoms with E-state index in [0.29, 0.717) is 31.7 Å². The number of aliphatic hydroxyl groups is 1. The molecule has 1 aromatic carbocycles. The Morgan fingerprint density at radius 1 is 1.35 bits per heavy atom. The van der Waals surface area contributed by atoms with Crippen LogP contribution in [0, 0.1) is 5.82 Å². The Morgan fingerprint density at radius 2 is 2.00 bits per heavy atom. The van der Waals surface area contributed by atoms with Crippen LogP contribution in [0.5, 0.6) is 5.75 Å². The van der Waals surface area contributed by atoms with E-state index in [0.717, 1.165) is 0 Å². The van der Waals surface area contributed by atoms with Crippen LogP contribution in [0.25, 0.3) is 0 Å². The summed E-state index contributed by atoms with van der Waals surface area (Å²) in [5.74, 6) is 0.302. The molecule has 0 aliphatic carbocycles. The van der Waals surface area contributed by atoms with Crippen LogP contribution in [0.2, 0.25) is 0 Å². The van der Waals surface area contributed by atoms with E-state index in [1.807, 2.05) is 13.8 Å². The second-order valence-corrected chi connectivity index (χ2v) is 4.81. The van der Waals surface area contributed by atoms with Gasteiger partial charge in [0.25, 0.3) is 0 Å². The minimum atomic E-state index is -0.302. The molecule has 0 aliphatic rings. The average molecular weight is 283 g/mol. The quantitative estimate of drug-likeness (QED) is 0.744. The van der Waals surface area contributed by atoms with E-state index in [1.54, 1.807) is 17.0 Å². The maximum absolute atomic E-state index is 12.7. The van der Waals surface area contributed by atoms with Gasteiger partial charge in [0.2, 0.25) is 5.91 Å². The zero-order chi connectivity index (χ0) is 15.0. The van der Waals surface area contributed by atoms with Gasteiger partial charge >= 0.3 is 0 Å². The molecule has 0 radical (unpaired) electrons. The third-order valence-electron chi connectivity index (χ3n) is 2.90. The minimum Gasteiger partial charge on any atom is -0.494 e. The van der Waals surface area contributed by atoms with Gasteiger partial charge in [-0.05, 0) is 44.5 Å². The van der Waals surface area contributed by atoms with E-state index >= 15 is 0 Å². The zero-order valence-corrected chi connectivity index (χ0v) is 12.0. The molecule has 0 saturated carbocycles. The first-order valence-electron chi connectivity index (χ1n) is 6.83. The number of hydrogen-bond donors (Lipinski definition) is 1. The maximum atomic E-state index is 12.7. The molecule has 1 N–H and O–H groups in total. The van der Waals surface area contributed by atoms with Gasteiger partial charge in [-0.25, -0.2) is 4.39 Å². The number of benzene rings is 1. The first-order chi connectivity index (χ1) is 9.54. The van der Waals surface area contributed by atoms with Gasteiger partial charge in [-0.2, -0.15) is 0 Å². The highest BCUT2D eigenvalue weighted by molar-refractivity contribution is 5.76. The van der Waals surface area contributed by atoms with Crippen molar-refractivity contribution in [2.24, 2.45) is 0 Å². The molecular weight excluding hydrogens is 261 g/mol. The van der Waals surface area contributed by atoms with E-state index in [4.69, 9.17) is 9.84 Å². The molecule has 5 heteroatoms. The molecule has 0 aromatic heterocycles. The number of aliphatic hydroxyl groups excluding tert-OH is 1. The van der Waals surface area contributed by atoms with E-state index in [-0.39, 0.29) is 24.4 Å². The van der Waals surface area contributed by atoms with Gasteiger partial charge in [0.1, 0.15) is 11.6 Å². The number of nitrogens with zero attached hydrogens (tertiary/aromatic N) is 1. The Kier molecular flexibility index (Phi) is 7.01. The van der Waals surface area contributed by atoms with Crippen molar-refractivity contribution in [3.05, 3.63) is 30.1 Å². The topological polar surface area (TPSA) is 49.8 Å². The molecule has 0 saturated heterocycles. The van der Waals surface area contributed by atoms with E-state index < -0.39 is 0 Å². The fraction of sp³-hybridized carbons (Fsp3) is 0.533. The van der Waals surface area contributed by atoms with Crippen molar-refractivity contribution >= 4 is 5.91 Å². The standard InChI is InChI=1S/C15H22FNO3/c1-12(2)17(9-10-18)15(19)4-3-11-20-14-7-5-13(16)6-8-14/h5-8,12,18H,3-4,9-11H2,1-2H3. The predicted molar refractivity (Wildman–Crippen MR) is 75.1 cm³/mol. The van der Waals surface area contributed by atoms with Crippen molar-refractivity contribution < 1.29 is 19.0 Å². The highest BCUT2D eigenvalue weighted by Crippen LogP contribution is 2.12. The lowest BCUT2D eigenvalue weighted by Gasteiger charge is -2.26. The van der Waals surface area contributed by atoms with E-state index in [9.17, 15) is 9.18 Å². The van der Waals surface area contributed by atoms with Crippen LogP contribution in [0.15, 0.2) is 24.3 Å². The summed E-state index contributed by atoms with van der Waals surface area (Å²) in [6.07, 6.45) is 0.963. The molecule has 1 rings (SSSR count). The molecule has 1 amide bonds. The van der Waals surface area contributed by atoms with Crippen LogP contribution in [0.4, 0.5) is 4.39 Å². The third-order valence-corrected chi connectivity index (χ3v) is 2.90. The molecule has 0 unspecified atom stereocenters. The third kappa shape index (κ3) is 5.57. The summed E-state index contributed by atoms with van der Waals surface area (Å²) >= 11 is 0. The number of carbonyl (C=O) groups is 1. The molecule has 0 bridgehead atoms. The summed E-state index contributed by atoms with van der Waals surface area (Å²) in [6, 6.07) is 5.87. The molecule has 0 fully saturated rings. The first-order valence-corrected chi connectivity index (χ1v) is 6.83. The van der Waals surface area contributed by atoms with Crippen molar-refractivity contribution in [1.29, 1.82) is 0 Å². The highest BCUT2D eigenvalue weighted by atomic mass is 19.1. The lowest BCUT2D eigenvalue weighted by atomic mass is 10.2. The summed E-state index contributed by atoms with van der Waals surface area (Å²) in [4.78, 5) is 13.6. The number of carbonyl (C=O) groups excluding carboxylic acids is 1. The van der Waals surface area contributed by atoms with Gasteiger partial charge in [-0.15, -0.1) is 0 Å². The minimum absolute atomic E-state index is 0.0109. The summed E-state index contributed by atoms with van der Waals surface area (Å²) in [5, 5.41) is 8.93. The maximum Gasteiger partial charge on any atom is 0.223 e. The summed E-state index contributed by atoms with van der Waals surface area (Å²) in [5.41, 5.74) is 0. The molecular formula is C15H22FNO3. The fourth-order valence-corrected chi connectivity index (χ4v) is 1.87. The van der Waals surface area contributed by atoms with Crippen molar-refractivity contribution in [1.82, 2.24) is 4.90 Å². The molecule has 1 aromatic rings. The molecule has 0 heterocycles. The summed E-state index contributed by atoms with van der Waals surface area (Å²) < 4.78 is 18.1. The molecule has 0 atom stereocenters. The van der Waals surface area contributed by atoms with Gasteiger partial charge in [0, 0.05) is 19.0 Å². The lowest BCUT2D eigenvalue weighted by Crippen LogP contribution is -2.39. The van der Waals surface area contributed by atoms with Crippen LogP contribution in [-0.4, -0.2) is 41.7 Å². The number of rotatable bonds is 8. The van der Waals surface area contributed by atoms with Crippen LogP contribution in [0.3, 0.4) is 0 Å². The molecule has 0 spiro atoms. The fourth-order valence-electron chi connectivity index (χ4n) is 1.87. The van der Waals surface area contributed by atoms with Gasteiger partial charge in [-0.1, -0.05) is 0 Å². The Morgan fingerprint density at radius 3 is 2.55 bits per heavy atom. The van der Waals surface area contributed by atoms with Crippen LogP contribution in [0.1, 0.15) is 26.7 Å². The smallest absolute Gasteiger partial charge is 0.223 e. The SMILES string of the molecule is CC(C)N(CCO)C(=O)CCCOc1ccc(F)cc1. The Bertz CT molecular complexity index is 406. The van der Waals surface area contributed by atoms with Crippen molar-refractivity contribution in [3.63, 3.8) is 0 Å². The molecule has 112 valence electrons. The van der Waals surface area contributed by atoms with Crippen LogP contribution < -0.4 is 4.74 Å². The largest absolute Gasteiger partial charge is 0.494 e. The number of hydrogen-bond acceptors (Lipinski definition) is 3. The highest BCUT2D eigenvalue weighted by Gasteiger charge is 2.15. The van der Waals surface area contributed by atoms with Crippen LogP contribution in [-0.2, 0) is 4.79 Å². The second kappa shape index (κ2) is 8.53. The van der Waals surface area contributed by atoms with E-state index in [2.05, 4.69) is 0 Å². The molecule has 20 heavy (non-hydrogen) atoms. The Balaban J connectivity index is 2.29. The lowest BCUT2D eigenvalue weighted by molar-refractivity contribution is -0.133. The first kappa shape index (κ1) is 16.4. The Hall–Kier alpha value is -1.62.